The predicted molar refractivity (Wildman–Crippen MR) is 96.4 cm³/mol. The smallest absolute Gasteiger partial charge is 0.294 e. The lowest BCUT2D eigenvalue weighted by Gasteiger charge is -2.10. The molecule has 0 bridgehead atoms. The molecule has 0 fully saturated rings. The van der Waals surface area contributed by atoms with Crippen LogP contribution in [0.5, 0.6) is 0 Å². The predicted octanol–water partition coefficient (Wildman–Crippen LogP) is 2.56. The van der Waals surface area contributed by atoms with Gasteiger partial charge in [0.1, 0.15) is 5.82 Å². The lowest BCUT2D eigenvalue weighted by atomic mass is 10.1. The SMILES string of the molecule is C#CCN(C)C(=O)c1nc(Cc2ccccc2)n(-c2ccccc2)n1. The van der Waals surface area contributed by atoms with Crippen LogP contribution in [0.2, 0.25) is 0 Å². The standard InChI is InChI=1S/C20H18N4O/c1-3-14-23(2)20(25)19-21-18(15-16-10-6-4-7-11-16)24(22-19)17-12-8-5-9-13-17/h1,4-13H,14-15H2,2H3. The summed E-state index contributed by atoms with van der Waals surface area (Å²) in [5.74, 6) is 3.01. The number of carbonyl (C=O) groups is 1. The van der Waals surface area contributed by atoms with E-state index in [2.05, 4.69) is 16.0 Å². The quantitative estimate of drug-likeness (QED) is 0.676. The Kier molecular flexibility index (Phi) is 4.91. The Balaban J connectivity index is 2.00. The number of hydrogen-bond acceptors (Lipinski definition) is 3. The maximum absolute atomic E-state index is 12.5. The van der Waals surface area contributed by atoms with Gasteiger partial charge >= 0.3 is 0 Å². The van der Waals surface area contributed by atoms with Gasteiger partial charge in [0.2, 0.25) is 5.82 Å². The maximum Gasteiger partial charge on any atom is 0.294 e. The highest BCUT2D eigenvalue weighted by atomic mass is 16.2. The van der Waals surface area contributed by atoms with E-state index in [1.807, 2.05) is 60.7 Å². The summed E-state index contributed by atoms with van der Waals surface area (Å²) in [6.45, 7) is 0.215. The maximum atomic E-state index is 12.5. The van der Waals surface area contributed by atoms with Gasteiger partial charge in [0.25, 0.3) is 5.91 Å². The number of carbonyl (C=O) groups excluding carboxylic acids is 1. The molecule has 0 saturated carbocycles. The number of rotatable bonds is 5. The molecule has 1 heterocycles. The Bertz CT molecular complexity index is 894. The van der Waals surface area contributed by atoms with Gasteiger partial charge < -0.3 is 4.90 Å². The van der Waals surface area contributed by atoms with Crippen LogP contribution in [0.1, 0.15) is 22.0 Å². The fourth-order valence-corrected chi connectivity index (χ4v) is 2.48. The van der Waals surface area contributed by atoms with E-state index in [4.69, 9.17) is 6.42 Å². The van der Waals surface area contributed by atoms with E-state index in [1.54, 1.807) is 11.7 Å². The molecule has 2 aromatic carbocycles. The second kappa shape index (κ2) is 7.45. The van der Waals surface area contributed by atoms with Gasteiger partial charge in [0, 0.05) is 13.5 Å². The lowest BCUT2D eigenvalue weighted by molar-refractivity contribution is 0.0800. The monoisotopic (exact) mass is 330 g/mol. The molecule has 0 unspecified atom stereocenters. The van der Waals surface area contributed by atoms with Gasteiger partial charge in [-0.1, -0.05) is 54.5 Å². The molecule has 1 amide bonds. The molecule has 3 aromatic rings. The first-order valence-corrected chi connectivity index (χ1v) is 7.93. The molecule has 1 aromatic heterocycles. The minimum Gasteiger partial charge on any atom is -0.328 e. The summed E-state index contributed by atoms with van der Waals surface area (Å²) in [5.41, 5.74) is 1.96. The van der Waals surface area contributed by atoms with Crippen LogP contribution < -0.4 is 0 Å². The molecule has 25 heavy (non-hydrogen) atoms. The molecule has 0 aliphatic carbocycles. The van der Waals surface area contributed by atoms with Gasteiger partial charge in [-0.05, 0) is 17.7 Å². The molecule has 3 rings (SSSR count). The number of nitrogens with zero attached hydrogens (tertiary/aromatic N) is 4. The average molecular weight is 330 g/mol. The summed E-state index contributed by atoms with van der Waals surface area (Å²) >= 11 is 0. The highest BCUT2D eigenvalue weighted by molar-refractivity contribution is 5.90. The van der Waals surface area contributed by atoms with E-state index in [9.17, 15) is 4.79 Å². The molecule has 0 N–H and O–H groups in total. The Labute approximate surface area is 146 Å². The lowest BCUT2D eigenvalue weighted by Crippen LogP contribution is -2.28. The Morgan fingerprint density at radius 1 is 1.12 bits per heavy atom. The Morgan fingerprint density at radius 3 is 2.40 bits per heavy atom. The number of benzene rings is 2. The van der Waals surface area contributed by atoms with Crippen molar-refractivity contribution in [3.63, 3.8) is 0 Å². The zero-order valence-electron chi connectivity index (χ0n) is 14.0. The number of terminal acetylenes is 1. The summed E-state index contributed by atoms with van der Waals surface area (Å²) in [6.07, 6.45) is 5.86. The van der Waals surface area contributed by atoms with Crippen LogP contribution >= 0.6 is 0 Å². The number of amides is 1. The molecule has 0 atom stereocenters. The van der Waals surface area contributed by atoms with Crippen molar-refractivity contribution >= 4 is 5.91 Å². The number of aromatic nitrogens is 3. The van der Waals surface area contributed by atoms with E-state index in [0.717, 1.165) is 11.3 Å². The molecule has 0 spiro atoms. The normalized spacial score (nSPS) is 10.2. The second-order valence-corrected chi connectivity index (χ2v) is 5.63. The van der Waals surface area contributed by atoms with E-state index in [0.29, 0.717) is 12.2 Å². The minimum absolute atomic E-state index is 0.146. The van der Waals surface area contributed by atoms with Crippen molar-refractivity contribution in [1.82, 2.24) is 19.7 Å². The Morgan fingerprint density at radius 2 is 1.76 bits per heavy atom. The highest BCUT2D eigenvalue weighted by Crippen LogP contribution is 2.14. The van der Waals surface area contributed by atoms with Gasteiger partial charge in [-0.2, -0.15) is 0 Å². The fraction of sp³-hybridized carbons (Fsp3) is 0.150. The van der Waals surface area contributed by atoms with Gasteiger partial charge in [-0.3, -0.25) is 4.79 Å². The highest BCUT2D eigenvalue weighted by Gasteiger charge is 2.20. The molecule has 5 heteroatoms. The first kappa shape index (κ1) is 16.5. The van der Waals surface area contributed by atoms with Crippen LogP contribution in [-0.2, 0) is 6.42 Å². The summed E-state index contributed by atoms with van der Waals surface area (Å²) in [7, 11) is 1.64. The molecule has 0 radical (unpaired) electrons. The van der Waals surface area contributed by atoms with Crippen LogP contribution in [-0.4, -0.2) is 39.2 Å². The first-order chi connectivity index (χ1) is 12.2. The second-order valence-electron chi connectivity index (χ2n) is 5.63. The van der Waals surface area contributed by atoms with Crippen molar-refractivity contribution in [1.29, 1.82) is 0 Å². The first-order valence-electron chi connectivity index (χ1n) is 7.93. The van der Waals surface area contributed by atoms with E-state index < -0.39 is 0 Å². The van der Waals surface area contributed by atoms with Crippen molar-refractivity contribution in [2.75, 3.05) is 13.6 Å². The summed E-state index contributed by atoms with van der Waals surface area (Å²) in [4.78, 5) is 18.4. The van der Waals surface area contributed by atoms with Crippen LogP contribution in [0.4, 0.5) is 0 Å². The van der Waals surface area contributed by atoms with Crippen molar-refractivity contribution in [2.45, 2.75) is 6.42 Å². The molecule has 0 aliphatic heterocycles. The number of para-hydroxylation sites is 1. The van der Waals surface area contributed by atoms with Crippen molar-refractivity contribution in [2.24, 2.45) is 0 Å². The fourth-order valence-electron chi connectivity index (χ4n) is 2.48. The molecular formula is C20H18N4O. The van der Waals surface area contributed by atoms with Crippen molar-refractivity contribution < 1.29 is 4.79 Å². The third kappa shape index (κ3) is 3.75. The number of hydrogen-bond donors (Lipinski definition) is 0. The van der Waals surface area contributed by atoms with Crippen LogP contribution in [0.25, 0.3) is 5.69 Å². The van der Waals surface area contributed by atoms with Crippen LogP contribution in [0.3, 0.4) is 0 Å². The van der Waals surface area contributed by atoms with Gasteiger partial charge in [0.05, 0.1) is 12.2 Å². The minimum atomic E-state index is -0.290. The van der Waals surface area contributed by atoms with E-state index in [-0.39, 0.29) is 18.3 Å². The molecule has 0 aliphatic rings. The van der Waals surface area contributed by atoms with Crippen molar-refractivity contribution in [3.8, 4) is 18.0 Å². The van der Waals surface area contributed by atoms with Crippen molar-refractivity contribution in [3.05, 3.63) is 77.9 Å². The summed E-state index contributed by atoms with van der Waals surface area (Å²) in [5, 5.41) is 4.43. The van der Waals surface area contributed by atoms with E-state index in [1.165, 1.54) is 4.90 Å². The molecule has 124 valence electrons. The average Bonchev–Trinajstić information content (AvgIpc) is 3.06. The zero-order chi connectivity index (χ0) is 17.6. The third-order valence-corrected chi connectivity index (χ3v) is 3.75. The Hall–Kier alpha value is -3.39. The zero-order valence-corrected chi connectivity index (χ0v) is 14.0. The molecule has 5 nitrogen and oxygen atoms in total. The molecular weight excluding hydrogens is 312 g/mol. The van der Waals surface area contributed by atoms with Crippen LogP contribution in [0.15, 0.2) is 60.7 Å². The van der Waals surface area contributed by atoms with E-state index >= 15 is 0 Å². The van der Waals surface area contributed by atoms with Gasteiger partial charge in [-0.15, -0.1) is 11.5 Å². The van der Waals surface area contributed by atoms with Crippen LogP contribution in [0, 0.1) is 12.3 Å². The summed E-state index contributed by atoms with van der Waals surface area (Å²) < 4.78 is 1.71. The summed E-state index contributed by atoms with van der Waals surface area (Å²) in [6, 6.07) is 19.6. The van der Waals surface area contributed by atoms with Gasteiger partial charge in [-0.25, -0.2) is 9.67 Å². The topological polar surface area (TPSA) is 51.0 Å². The largest absolute Gasteiger partial charge is 0.328 e. The third-order valence-electron chi connectivity index (χ3n) is 3.75. The van der Waals surface area contributed by atoms with Gasteiger partial charge in [0.15, 0.2) is 0 Å². The molecule has 0 saturated heterocycles.